The predicted octanol–water partition coefficient (Wildman–Crippen LogP) is 5.64. The predicted molar refractivity (Wildman–Crippen MR) is 98.4 cm³/mol. The summed E-state index contributed by atoms with van der Waals surface area (Å²) in [4.78, 5) is 0. The number of fused-ring (bicyclic) bond motifs is 5. The van der Waals surface area contributed by atoms with Crippen LogP contribution in [0.5, 0.6) is 0 Å². The third-order valence-electron chi connectivity index (χ3n) is 3.60. The van der Waals surface area contributed by atoms with Gasteiger partial charge in [-0.1, -0.05) is 57.0 Å². The maximum atomic E-state index is 2.41. The van der Waals surface area contributed by atoms with Crippen molar-refractivity contribution in [3.05, 3.63) is 0 Å². The van der Waals surface area contributed by atoms with Gasteiger partial charge in [-0.25, -0.2) is 0 Å². The molecule has 0 amide bonds. The monoisotopic (exact) mass is 356 g/mol. The van der Waals surface area contributed by atoms with Crippen LogP contribution < -0.4 is 0 Å². The lowest BCUT2D eigenvalue weighted by Crippen LogP contribution is -2.40. The topological polar surface area (TPSA) is 0 Å². The minimum atomic E-state index is 0.540. The van der Waals surface area contributed by atoms with Crippen molar-refractivity contribution in [1.29, 1.82) is 0 Å². The van der Waals surface area contributed by atoms with Gasteiger partial charge in [0, 0.05) is 32.5 Å². The fraction of sp³-hybridized carbons (Fsp3) is 1.00. The second-order valence-corrected chi connectivity index (χ2v) is 14.2. The second-order valence-electron chi connectivity index (χ2n) is 5.33. The molecule has 104 valence electrons. The summed E-state index contributed by atoms with van der Waals surface area (Å²) in [5.41, 5.74) is 0. The average Bonchev–Trinajstić information content (AvgIpc) is 2.45. The van der Waals surface area contributed by atoms with E-state index in [-0.39, 0.29) is 0 Å². The highest BCUT2D eigenvalue weighted by molar-refractivity contribution is 8.78. The van der Waals surface area contributed by atoms with E-state index >= 15 is 0 Å². The Labute approximate surface area is 135 Å². The summed E-state index contributed by atoms with van der Waals surface area (Å²) in [6.45, 7) is 4.81. The molecule has 3 heterocycles. The fourth-order valence-electron chi connectivity index (χ4n) is 2.54. The highest BCUT2D eigenvalue weighted by atomic mass is 33.1. The minimum absolute atomic E-state index is 0.540. The Bertz CT molecular complexity index is 298. The SMILES string of the molecule is CC1CSC23CCC(CC2SSC(C)CS3)SS1. The molecule has 4 rings (SSSR count). The molecule has 1 saturated carbocycles. The highest BCUT2D eigenvalue weighted by Crippen LogP contribution is 2.61. The van der Waals surface area contributed by atoms with Gasteiger partial charge < -0.3 is 0 Å². The van der Waals surface area contributed by atoms with Gasteiger partial charge in [0.15, 0.2) is 0 Å². The lowest BCUT2D eigenvalue weighted by atomic mass is 9.98. The second kappa shape index (κ2) is 6.47. The first-order valence-corrected chi connectivity index (χ1v) is 13.1. The van der Waals surface area contributed by atoms with E-state index in [1.54, 1.807) is 0 Å². The molecule has 3 aliphatic heterocycles. The normalized spacial score (nSPS) is 49.7. The number of hydrogen-bond acceptors (Lipinski definition) is 6. The quantitative estimate of drug-likeness (QED) is 0.512. The van der Waals surface area contributed by atoms with Crippen LogP contribution in [0.25, 0.3) is 0 Å². The number of hydrogen-bond donors (Lipinski definition) is 0. The lowest BCUT2D eigenvalue weighted by molar-refractivity contribution is 0.517. The fourth-order valence-corrected chi connectivity index (χ4v) is 13.4. The van der Waals surface area contributed by atoms with Crippen molar-refractivity contribution in [3.63, 3.8) is 0 Å². The molecular formula is C12H20S6. The lowest BCUT2D eigenvalue weighted by Gasteiger charge is -2.43. The van der Waals surface area contributed by atoms with Crippen LogP contribution in [0, 0.1) is 0 Å². The maximum Gasteiger partial charge on any atom is 0.0738 e. The Morgan fingerprint density at radius 3 is 2.28 bits per heavy atom. The van der Waals surface area contributed by atoms with E-state index < -0.39 is 0 Å². The smallest absolute Gasteiger partial charge is 0.0738 e. The molecule has 2 bridgehead atoms. The summed E-state index contributed by atoms with van der Waals surface area (Å²) in [5.74, 6) is 2.69. The van der Waals surface area contributed by atoms with E-state index in [4.69, 9.17) is 0 Å². The molecule has 1 spiro atoms. The van der Waals surface area contributed by atoms with Gasteiger partial charge >= 0.3 is 0 Å². The zero-order chi connectivity index (χ0) is 12.6. The van der Waals surface area contributed by atoms with Gasteiger partial charge in [0.25, 0.3) is 0 Å². The Morgan fingerprint density at radius 2 is 1.56 bits per heavy atom. The molecule has 5 atom stereocenters. The molecule has 5 unspecified atom stereocenters. The summed E-state index contributed by atoms with van der Waals surface area (Å²) in [7, 11) is 8.70. The molecule has 0 N–H and O–H groups in total. The zero-order valence-electron chi connectivity index (χ0n) is 10.8. The summed E-state index contributed by atoms with van der Waals surface area (Å²) in [6.07, 6.45) is 4.33. The molecule has 0 aromatic heterocycles. The standard InChI is InChI=1S/C12H20S6/c1-8-6-13-12-4-3-10(17-15-8)5-11(12)18-16-9(2)7-14-12/h8-11H,3-7H2,1-2H3. The largest absolute Gasteiger partial charge is 0.142 e. The molecule has 6 heteroatoms. The summed E-state index contributed by atoms with van der Waals surface area (Å²) >= 11 is 4.60. The van der Waals surface area contributed by atoms with E-state index in [0.29, 0.717) is 4.08 Å². The Morgan fingerprint density at radius 1 is 0.889 bits per heavy atom. The van der Waals surface area contributed by atoms with Crippen LogP contribution in [0.3, 0.4) is 0 Å². The highest BCUT2D eigenvalue weighted by Gasteiger charge is 2.48. The number of thioether (sulfide) groups is 2. The molecular weight excluding hydrogens is 337 g/mol. The Hall–Kier alpha value is 2.10. The Kier molecular flexibility index (Phi) is 5.40. The van der Waals surface area contributed by atoms with Crippen LogP contribution in [-0.2, 0) is 0 Å². The first kappa shape index (κ1) is 15.0. The molecule has 0 aromatic rings. The first-order valence-electron chi connectivity index (χ1n) is 6.60. The minimum Gasteiger partial charge on any atom is -0.142 e. The van der Waals surface area contributed by atoms with Crippen LogP contribution in [-0.4, -0.2) is 36.6 Å². The number of rotatable bonds is 0. The molecule has 0 nitrogen and oxygen atoms in total. The molecule has 0 radical (unpaired) electrons. The van der Waals surface area contributed by atoms with Crippen molar-refractivity contribution in [1.82, 2.24) is 0 Å². The molecule has 0 aromatic carbocycles. The summed E-state index contributed by atoms with van der Waals surface area (Å²) < 4.78 is 0.540. The third-order valence-corrected chi connectivity index (χ3v) is 15.2. The summed E-state index contributed by atoms with van der Waals surface area (Å²) in [6, 6.07) is 0. The molecule has 1 aliphatic carbocycles. The van der Waals surface area contributed by atoms with E-state index in [0.717, 1.165) is 21.0 Å². The van der Waals surface area contributed by atoms with Gasteiger partial charge in [0.1, 0.15) is 0 Å². The van der Waals surface area contributed by atoms with Crippen molar-refractivity contribution >= 4 is 66.7 Å². The van der Waals surface area contributed by atoms with Crippen LogP contribution in [0.4, 0.5) is 0 Å². The van der Waals surface area contributed by atoms with Crippen molar-refractivity contribution in [2.75, 3.05) is 11.5 Å². The van der Waals surface area contributed by atoms with E-state index in [9.17, 15) is 0 Å². The van der Waals surface area contributed by atoms with Crippen molar-refractivity contribution in [2.24, 2.45) is 0 Å². The average molecular weight is 357 g/mol. The van der Waals surface area contributed by atoms with Gasteiger partial charge in [-0.2, -0.15) is 0 Å². The molecule has 3 saturated heterocycles. The molecule has 18 heavy (non-hydrogen) atoms. The molecule has 4 fully saturated rings. The van der Waals surface area contributed by atoms with Crippen LogP contribution >= 0.6 is 66.7 Å². The zero-order valence-corrected chi connectivity index (χ0v) is 15.7. The van der Waals surface area contributed by atoms with Crippen LogP contribution in [0.15, 0.2) is 0 Å². The van der Waals surface area contributed by atoms with Crippen molar-refractivity contribution in [2.45, 2.75) is 58.2 Å². The van der Waals surface area contributed by atoms with Crippen LogP contribution in [0.1, 0.15) is 33.1 Å². The van der Waals surface area contributed by atoms with Gasteiger partial charge in [-0.15, -0.1) is 23.5 Å². The maximum absolute atomic E-state index is 2.41. The van der Waals surface area contributed by atoms with Gasteiger partial charge in [-0.3, -0.25) is 0 Å². The van der Waals surface area contributed by atoms with Gasteiger partial charge in [-0.05, 0) is 19.3 Å². The van der Waals surface area contributed by atoms with Gasteiger partial charge in [0.05, 0.1) is 4.08 Å². The first-order chi connectivity index (χ1) is 8.68. The van der Waals surface area contributed by atoms with Crippen molar-refractivity contribution < 1.29 is 0 Å². The Balaban J connectivity index is 1.82. The van der Waals surface area contributed by atoms with E-state index in [1.807, 2.05) is 0 Å². The van der Waals surface area contributed by atoms with E-state index in [2.05, 4.69) is 80.5 Å². The molecule has 4 aliphatic rings. The summed E-state index contributed by atoms with van der Waals surface area (Å²) in [5, 5.41) is 3.43. The van der Waals surface area contributed by atoms with Crippen LogP contribution in [0.2, 0.25) is 0 Å². The van der Waals surface area contributed by atoms with E-state index in [1.165, 1.54) is 30.8 Å². The van der Waals surface area contributed by atoms with Crippen molar-refractivity contribution in [3.8, 4) is 0 Å². The third kappa shape index (κ3) is 3.29. The van der Waals surface area contributed by atoms with Gasteiger partial charge in [0.2, 0.25) is 0 Å².